The Bertz CT molecular complexity index is 664. The highest BCUT2D eigenvalue weighted by Crippen LogP contribution is 2.33. The number of rotatable bonds is 3. The molecule has 0 bridgehead atoms. The zero-order valence-electron chi connectivity index (χ0n) is 11.4. The summed E-state index contributed by atoms with van der Waals surface area (Å²) in [6.07, 6.45) is 0.878. The van der Waals surface area contributed by atoms with E-state index in [4.69, 9.17) is 14.7 Å². The highest BCUT2D eigenvalue weighted by molar-refractivity contribution is 5.48. The number of nitriles is 1. The van der Waals surface area contributed by atoms with Gasteiger partial charge in [-0.3, -0.25) is 0 Å². The molecule has 1 N–H and O–H groups in total. The zero-order valence-corrected chi connectivity index (χ0v) is 11.4. The number of benzene rings is 1. The molecule has 3 rings (SSSR count). The average Bonchev–Trinajstić information content (AvgIpc) is 2.79. The molecule has 0 fully saturated rings. The van der Waals surface area contributed by atoms with Crippen molar-refractivity contribution in [3.63, 3.8) is 0 Å². The number of nitrogens with one attached hydrogen (secondary N) is 1. The maximum absolute atomic E-state index is 8.69. The van der Waals surface area contributed by atoms with E-state index in [9.17, 15) is 0 Å². The van der Waals surface area contributed by atoms with E-state index in [2.05, 4.69) is 15.5 Å². The first-order valence-corrected chi connectivity index (χ1v) is 6.72. The van der Waals surface area contributed by atoms with Gasteiger partial charge in [-0.05, 0) is 18.2 Å². The fraction of sp³-hybridized carbons (Fsp3) is 0.267. The van der Waals surface area contributed by atoms with Crippen LogP contribution in [0.2, 0.25) is 0 Å². The van der Waals surface area contributed by atoms with Gasteiger partial charge in [0.15, 0.2) is 17.2 Å². The van der Waals surface area contributed by atoms with Crippen molar-refractivity contribution in [2.45, 2.75) is 13.0 Å². The van der Waals surface area contributed by atoms with Crippen molar-refractivity contribution in [2.24, 2.45) is 0 Å². The van der Waals surface area contributed by atoms with Crippen LogP contribution in [0.1, 0.15) is 17.7 Å². The maximum Gasteiger partial charge on any atom is 0.166 e. The van der Waals surface area contributed by atoms with E-state index >= 15 is 0 Å². The second-order valence-corrected chi connectivity index (χ2v) is 4.56. The van der Waals surface area contributed by atoms with Crippen molar-refractivity contribution in [1.29, 1.82) is 5.26 Å². The third-order valence-corrected chi connectivity index (χ3v) is 3.09. The highest BCUT2D eigenvalue weighted by Gasteiger charge is 2.14. The van der Waals surface area contributed by atoms with Crippen molar-refractivity contribution in [3.05, 3.63) is 41.6 Å². The van der Waals surface area contributed by atoms with Gasteiger partial charge in [0.05, 0.1) is 13.2 Å². The normalized spacial score (nSPS) is 13.1. The number of hydrogen-bond acceptors (Lipinski definition) is 6. The van der Waals surface area contributed by atoms with Gasteiger partial charge in [-0.1, -0.05) is 12.1 Å². The van der Waals surface area contributed by atoms with E-state index in [1.165, 1.54) is 0 Å². The van der Waals surface area contributed by atoms with Crippen molar-refractivity contribution in [2.75, 3.05) is 18.5 Å². The Morgan fingerprint density at radius 1 is 1.14 bits per heavy atom. The second-order valence-electron chi connectivity index (χ2n) is 4.56. The molecular formula is C15H14N4O2. The molecule has 0 unspecified atom stereocenters. The number of nitrogens with zero attached hydrogens (tertiary/aromatic N) is 3. The standard InChI is InChI=1S/C15H14N4O2/c16-9-12-5-6-14(19-18-12)17-10-11-3-1-4-13-15(11)21-8-2-7-20-13/h1,3-6H,2,7-8,10H2,(H,17,19). The van der Waals surface area contributed by atoms with Crippen LogP contribution in [0.25, 0.3) is 0 Å². The lowest BCUT2D eigenvalue weighted by Crippen LogP contribution is -2.05. The molecule has 0 atom stereocenters. The third kappa shape index (κ3) is 3.03. The quantitative estimate of drug-likeness (QED) is 0.928. The highest BCUT2D eigenvalue weighted by atomic mass is 16.5. The third-order valence-electron chi connectivity index (χ3n) is 3.09. The topological polar surface area (TPSA) is 80.1 Å². The Labute approximate surface area is 122 Å². The first-order valence-electron chi connectivity index (χ1n) is 6.72. The molecule has 6 heteroatoms. The predicted molar refractivity (Wildman–Crippen MR) is 76.1 cm³/mol. The predicted octanol–water partition coefficient (Wildman–Crippen LogP) is 2.12. The summed E-state index contributed by atoms with van der Waals surface area (Å²) in [7, 11) is 0. The van der Waals surface area contributed by atoms with Crippen LogP contribution in [0.3, 0.4) is 0 Å². The molecule has 106 valence electrons. The zero-order chi connectivity index (χ0) is 14.5. The van der Waals surface area contributed by atoms with Gasteiger partial charge in [0, 0.05) is 18.5 Å². The molecule has 0 amide bonds. The molecule has 1 aliphatic heterocycles. The van der Waals surface area contributed by atoms with Crippen molar-refractivity contribution < 1.29 is 9.47 Å². The smallest absolute Gasteiger partial charge is 0.166 e. The Morgan fingerprint density at radius 3 is 2.86 bits per heavy atom. The van der Waals surface area contributed by atoms with Gasteiger partial charge >= 0.3 is 0 Å². The summed E-state index contributed by atoms with van der Waals surface area (Å²) in [5.74, 6) is 2.17. The molecule has 21 heavy (non-hydrogen) atoms. The van der Waals surface area contributed by atoms with Crippen LogP contribution in [0.4, 0.5) is 5.82 Å². The molecule has 0 spiro atoms. The Balaban J connectivity index is 1.74. The first kappa shape index (κ1) is 13.2. The van der Waals surface area contributed by atoms with Crippen molar-refractivity contribution >= 4 is 5.82 Å². The van der Waals surface area contributed by atoms with E-state index < -0.39 is 0 Å². The molecule has 0 aliphatic carbocycles. The second kappa shape index (κ2) is 6.09. The van der Waals surface area contributed by atoms with Crippen LogP contribution in [0.15, 0.2) is 30.3 Å². The SMILES string of the molecule is N#Cc1ccc(NCc2cccc3c2OCCCO3)nn1. The minimum absolute atomic E-state index is 0.297. The summed E-state index contributed by atoms with van der Waals surface area (Å²) < 4.78 is 11.4. The lowest BCUT2D eigenvalue weighted by Gasteiger charge is -2.13. The van der Waals surface area contributed by atoms with Crippen molar-refractivity contribution in [1.82, 2.24) is 10.2 Å². The minimum Gasteiger partial charge on any atom is -0.490 e. The van der Waals surface area contributed by atoms with Gasteiger partial charge in [-0.25, -0.2) is 0 Å². The average molecular weight is 282 g/mol. The van der Waals surface area contributed by atoms with Gasteiger partial charge in [-0.15, -0.1) is 10.2 Å². The van der Waals surface area contributed by atoms with Crippen LogP contribution in [-0.2, 0) is 6.54 Å². The van der Waals surface area contributed by atoms with E-state index in [1.54, 1.807) is 12.1 Å². The summed E-state index contributed by atoms with van der Waals surface area (Å²) in [5.41, 5.74) is 1.30. The fourth-order valence-corrected chi connectivity index (χ4v) is 2.07. The Hall–Kier alpha value is -2.81. The largest absolute Gasteiger partial charge is 0.490 e. The number of anilines is 1. The summed E-state index contributed by atoms with van der Waals surface area (Å²) in [6.45, 7) is 1.87. The molecule has 1 aromatic carbocycles. The van der Waals surface area contributed by atoms with Gasteiger partial charge in [-0.2, -0.15) is 5.26 Å². The van der Waals surface area contributed by atoms with Crippen LogP contribution in [0.5, 0.6) is 11.5 Å². The molecule has 0 radical (unpaired) electrons. The lowest BCUT2D eigenvalue weighted by molar-refractivity contribution is 0.296. The molecule has 6 nitrogen and oxygen atoms in total. The molecule has 1 aliphatic rings. The van der Waals surface area contributed by atoms with E-state index in [-0.39, 0.29) is 0 Å². The summed E-state index contributed by atoms with van der Waals surface area (Å²) >= 11 is 0. The number of hydrogen-bond donors (Lipinski definition) is 1. The first-order chi connectivity index (χ1) is 10.4. The minimum atomic E-state index is 0.297. The molecule has 2 heterocycles. The maximum atomic E-state index is 8.69. The van der Waals surface area contributed by atoms with Crippen LogP contribution >= 0.6 is 0 Å². The lowest BCUT2D eigenvalue weighted by atomic mass is 10.2. The monoisotopic (exact) mass is 282 g/mol. The van der Waals surface area contributed by atoms with Crippen LogP contribution in [-0.4, -0.2) is 23.4 Å². The van der Waals surface area contributed by atoms with E-state index in [1.807, 2.05) is 24.3 Å². The van der Waals surface area contributed by atoms with Gasteiger partial charge < -0.3 is 14.8 Å². The van der Waals surface area contributed by atoms with Crippen LogP contribution in [0, 0.1) is 11.3 Å². The summed E-state index contributed by atoms with van der Waals surface area (Å²) in [6, 6.07) is 11.1. The molecular weight excluding hydrogens is 268 g/mol. The molecule has 2 aromatic rings. The molecule has 1 aromatic heterocycles. The molecule has 0 saturated carbocycles. The number of fused-ring (bicyclic) bond motifs is 1. The van der Waals surface area contributed by atoms with Gasteiger partial charge in [0.1, 0.15) is 11.9 Å². The Kier molecular flexibility index (Phi) is 3.83. The van der Waals surface area contributed by atoms with E-state index in [0.29, 0.717) is 31.3 Å². The number of ether oxygens (including phenoxy) is 2. The van der Waals surface area contributed by atoms with Gasteiger partial charge in [0.25, 0.3) is 0 Å². The fourth-order valence-electron chi connectivity index (χ4n) is 2.07. The van der Waals surface area contributed by atoms with Crippen molar-refractivity contribution in [3.8, 4) is 17.6 Å². The Morgan fingerprint density at radius 2 is 2.05 bits per heavy atom. The van der Waals surface area contributed by atoms with Crippen LogP contribution < -0.4 is 14.8 Å². The summed E-state index contributed by atoms with van der Waals surface area (Å²) in [5, 5.41) is 19.6. The summed E-state index contributed by atoms with van der Waals surface area (Å²) in [4.78, 5) is 0. The van der Waals surface area contributed by atoms with E-state index in [0.717, 1.165) is 23.5 Å². The molecule has 0 saturated heterocycles. The number of aromatic nitrogens is 2. The van der Waals surface area contributed by atoms with Gasteiger partial charge in [0.2, 0.25) is 0 Å². The number of para-hydroxylation sites is 1.